The topological polar surface area (TPSA) is 67.5 Å². The molecule has 3 aromatic rings. The molecule has 5 rings (SSSR count). The predicted molar refractivity (Wildman–Crippen MR) is 95.7 cm³/mol. The van der Waals surface area contributed by atoms with Crippen LogP contribution in [-0.2, 0) is 15.9 Å². The van der Waals surface area contributed by atoms with E-state index in [1.54, 1.807) is 6.20 Å². The van der Waals surface area contributed by atoms with E-state index in [0.29, 0.717) is 5.56 Å². The molecule has 4 heterocycles. The molecule has 6 nitrogen and oxygen atoms in total. The van der Waals surface area contributed by atoms with Crippen LogP contribution in [0.4, 0.5) is 0 Å². The van der Waals surface area contributed by atoms with E-state index < -0.39 is 0 Å². The van der Waals surface area contributed by atoms with Crippen LogP contribution in [0.25, 0.3) is 10.9 Å². The number of ether oxygens (including phenoxy) is 2. The van der Waals surface area contributed by atoms with Crippen LogP contribution in [0.1, 0.15) is 39.5 Å². The van der Waals surface area contributed by atoms with Crippen molar-refractivity contribution < 1.29 is 14.3 Å². The number of benzene rings is 1. The third-order valence-corrected chi connectivity index (χ3v) is 5.32. The highest BCUT2D eigenvalue weighted by Crippen LogP contribution is 2.43. The van der Waals surface area contributed by atoms with Crippen molar-refractivity contribution >= 4 is 16.9 Å². The van der Waals surface area contributed by atoms with E-state index in [0.717, 1.165) is 36.3 Å². The summed E-state index contributed by atoms with van der Waals surface area (Å²) >= 11 is 0. The summed E-state index contributed by atoms with van der Waals surface area (Å²) in [4.78, 5) is 21.8. The average Bonchev–Trinajstić information content (AvgIpc) is 3.28. The number of carbonyl (C=O) groups excluding carboxylic acids is 1. The highest BCUT2D eigenvalue weighted by molar-refractivity contribution is 5.89. The van der Waals surface area contributed by atoms with E-state index >= 15 is 0 Å². The highest BCUT2D eigenvalue weighted by atomic mass is 16.5. The van der Waals surface area contributed by atoms with Gasteiger partial charge in [0, 0.05) is 41.9 Å². The Hall–Kier alpha value is -2.70. The van der Waals surface area contributed by atoms with Gasteiger partial charge in [0.2, 0.25) is 0 Å². The zero-order chi connectivity index (χ0) is 17.7. The first-order valence-corrected chi connectivity index (χ1v) is 8.77. The summed E-state index contributed by atoms with van der Waals surface area (Å²) in [7, 11) is 1.37. The number of hydrogen-bond acceptors (Lipinski definition) is 5. The van der Waals surface area contributed by atoms with Crippen LogP contribution in [0.15, 0.2) is 42.7 Å². The largest absolute Gasteiger partial charge is 0.465 e. The number of nitrogens with one attached hydrogen (secondary N) is 1. The van der Waals surface area contributed by atoms with Crippen LogP contribution in [0.2, 0.25) is 0 Å². The maximum Gasteiger partial charge on any atom is 0.339 e. The Balaban J connectivity index is 1.48. The number of methoxy groups -OCH3 is 1. The fourth-order valence-corrected chi connectivity index (χ4v) is 4.06. The molecule has 2 aromatic heterocycles. The standard InChI is InChI=1S/C20H19N3O3/c1-25-20(24)13-8-12(9-21-10-13)17-11-23-7-6-15-14-4-2-3-5-16(14)22-18(15)19(23)26-17/h2-5,8-10,17,19,22H,6-7,11H2,1H3. The van der Waals surface area contributed by atoms with Gasteiger partial charge in [-0.25, -0.2) is 4.79 Å². The molecule has 2 aliphatic heterocycles. The first kappa shape index (κ1) is 15.5. The molecule has 1 saturated heterocycles. The molecule has 2 atom stereocenters. The van der Waals surface area contributed by atoms with E-state index in [9.17, 15) is 4.79 Å². The zero-order valence-electron chi connectivity index (χ0n) is 14.4. The molecule has 0 saturated carbocycles. The fourth-order valence-electron chi connectivity index (χ4n) is 4.06. The Morgan fingerprint density at radius 3 is 3.12 bits per heavy atom. The van der Waals surface area contributed by atoms with Gasteiger partial charge in [-0.1, -0.05) is 18.2 Å². The maximum absolute atomic E-state index is 11.8. The number of esters is 1. The molecule has 6 heteroatoms. The zero-order valence-corrected chi connectivity index (χ0v) is 14.4. The minimum absolute atomic E-state index is 0.0852. The number of para-hydroxylation sites is 1. The van der Waals surface area contributed by atoms with E-state index in [2.05, 4.69) is 33.1 Å². The second-order valence-electron chi connectivity index (χ2n) is 6.78. The number of rotatable bonds is 2. The summed E-state index contributed by atoms with van der Waals surface area (Å²) in [6, 6.07) is 10.2. The van der Waals surface area contributed by atoms with Crippen molar-refractivity contribution in [3.8, 4) is 0 Å². The Labute approximate surface area is 150 Å². The molecule has 1 aromatic carbocycles. The number of fused-ring (bicyclic) bond motifs is 5. The third-order valence-electron chi connectivity index (χ3n) is 5.32. The normalized spacial score (nSPS) is 22.2. The van der Waals surface area contributed by atoms with Gasteiger partial charge in [-0.2, -0.15) is 0 Å². The Bertz CT molecular complexity index is 997. The number of aromatic nitrogens is 2. The summed E-state index contributed by atoms with van der Waals surface area (Å²) in [5.41, 5.74) is 5.01. The van der Waals surface area contributed by atoms with Gasteiger partial charge in [-0.3, -0.25) is 9.88 Å². The maximum atomic E-state index is 11.8. The lowest BCUT2D eigenvalue weighted by molar-refractivity contribution is -0.0101. The first-order chi connectivity index (χ1) is 12.7. The average molecular weight is 349 g/mol. The van der Waals surface area contributed by atoms with Crippen molar-refractivity contribution in [3.05, 3.63) is 65.1 Å². The third kappa shape index (κ3) is 2.34. The van der Waals surface area contributed by atoms with Crippen LogP contribution >= 0.6 is 0 Å². The Morgan fingerprint density at radius 1 is 1.35 bits per heavy atom. The van der Waals surface area contributed by atoms with Gasteiger partial charge in [-0.15, -0.1) is 0 Å². The number of pyridine rings is 1. The minimum atomic E-state index is -0.382. The van der Waals surface area contributed by atoms with Gasteiger partial charge in [0.1, 0.15) is 0 Å². The van der Waals surface area contributed by atoms with Crippen LogP contribution in [0.3, 0.4) is 0 Å². The van der Waals surface area contributed by atoms with E-state index in [1.807, 2.05) is 12.1 Å². The first-order valence-electron chi connectivity index (χ1n) is 8.77. The van der Waals surface area contributed by atoms with Crippen molar-refractivity contribution in [1.29, 1.82) is 0 Å². The van der Waals surface area contributed by atoms with E-state index in [-0.39, 0.29) is 18.3 Å². The van der Waals surface area contributed by atoms with Crippen LogP contribution in [-0.4, -0.2) is 41.0 Å². The van der Waals surface area contributed by atoms with Crippen molar-refractivity contribution in [2.75, 3.05) is 20.2 Å². The number of H-pyrrole nitrogens is 1. The van der Waals surface area contributed by atoms with Gasteiger partial charge in [0.05, 0.1) is 24.5 Å². The summed E-state index contributed by atoms with van der Waals surface area (Å²) in [6.45, 7) is 1.74. The van der Waals surface area contributed by atoms with Gasteiger partial charge in [-0.05, 0) is 24.1 Å². The lowest BCUT2D eigenvalue weighted by Crippen LogP contribution is -2.31. The summed E-state index contributed by atoms with van der Waals surface area (Å²) in [5.74, 6) is -0.382. The Kier molecular flexibility index (Phi) is 3.55. The molecule has 1 fully saturated rings. The van der Waals surface area contributed by atoms with Gasteiger partial charge >= 0.3 is 5.97 Å². The Morgan fingerprint density at radius 2 is 2.23 bits per heavy atom. The van der Waals surface area contributed by atoms with Crippen molar-refractivity contribution in [2.24, 2.45) is 0 Å². The molecule has 1 N–H and O–H groups in total. The summed E-state index contributed by atoms with van der Waals surface area (Å²) in [6.07, 6.45) is 4.09. The number of aromatic amines is 1. The van der Waals surface area contributed by atoms with Gasteiger partial charge in [0.15, 0.2) is 6.23 Å². The lowest BCUT2D eigenvalue weighted by atomic mass is 10.0. The SMILES string of the molecule is COC(=O)c1cncc(C2CN3CCc4c([nH]c5ccccc45)C3O2)c1. The molecule has 0 radical (unpaired) electrons. The van der Waals surface area contributed by atoms with Crippen LogP contribution < -0.4 is 0 Å². The quantitative estimate of drug-likeness (QED) is 0.721. The monoisotopic (exact) mass is 349 g/mol. The molecular weight excluding hydrogens is 330 g/mol. The molecule has 2 aliphatic rings. The fraction of sp³-hybridized carbons (Fsp3) is 0.300. The van der Waals surface area contributed by atoms with Crippen molar-refractivity contribution in [1.82, 2.24) is 14.9 Å². The lowest BCUT2D eigenvalue weighted by Gasteiger charge is -2.27. The predicted octanol–water partition coefficient (Wildman–Crippen LogP) is 2.98. The molecular formula is C20H19N3O3. The molecule has 0 amide bonds. The summed E-state index contributed by atoms with van der Waals surface area (Å²) in [5, 5.41) is 1.28. The molecule has 0 spiro atoms. The molecule has 0 bridgehead atoms. The van der Waals surface area contributed by atoms with Crippen molar-refractivity contribution in [2.45, 2.75) is 18.8 Å². The highest BCUT2D eigenvalue weighted by Gasteiger charge is 2.40. The van der Waals surface area contributed by atoms with Gasteiger partial charge in [0.25, 0.3) is 0 Å². The minimum Gasteiger partial charge on any atom is -0.465 e. The second kappa shape index (κ2) is 5.93. The summed E-state index contributed by atoms with van der Waals surface area (Å²) < 4.78 is 11.2. The molecule has 2 unspecified atom stereocenters. The van der Waals surface area contributed by atoms with E-state index in [1.165, 1.54) is 24.3 Å². The van der Waals surface area contributed by atoms with E-state index in [4.69, 9.17) is 9.47 Å². The number of nitrogens with zero attached hydrogens (tertiary/aromatic N) is 2. The second-order valence-corrected chi connectivity index (χ2v) is 6.78. The number of hydrogen-bond donors (Lipinski definition) is 1. The van der Waals surface area contributed by atoms with Crippen LogP contribution in [0, 0.1) is 0 Å². The molecule has 132 valence electrons. The van der Waals surface area contributed by atoms with Gasteiger partial charge < -0.3 is 14.5 Å². The number of carbonyl (C=O) groups is 1. The van der Waals surface area contributed by atoms with Crippen molar-refractivity contribution in [3.63, 3.8) is 0 Å². The van der Waals surface area contributed by atoms with Crippen LogP contribution in [0.5, 0.6) is 0 Å². The molecule has 26 heavy (non-hydrogen) atoms. The molecule has 0 aliphatic carbocycles. The smallest absolute Gasteiger partial charge is 0.339 e.